The van der Waals surface area contributed by atoms with Gasteiger partial charge in [0.1, 0.15) is 0 Å². The van der Waals surface area contributed by atoms with Crippen molar-refractivity contribution in [2.45, 2.75) is 90.6 Å². The van der Waals surface area contributed by atoms with Crippen LogP contribution in [0.25, 0.3) is 0 Å². The zero-order valence-electron chi connectivity index (χ0n) is 13.5. The summed E-state index contributed by atoms with van der Waals surface area (Å²) in [5, 5.41) is 21.4. The molecule has 1 unspecified atom stereocenters. The fraction of sp³-hybridized carbons (Fsp3) is 0.944. The lowest BCUT2D eigenvalue weighted by Gasteiger charge is -2.56. The van der Waals surface area contributed by atoms with Crippen molar-refractivity contribution in [2.75, 3.05) is 0 Å². The third-order valence-electron chi connectivity index (χ3n) is 6.37. The van der Waals surface area contributed by atoms with E-state index in [-0.39, 0.29) is 5.41 Å². The molecule has 0 aromatic heterocycles. The van der Waals surface area contributed by atoms with E-state index >= 15 is 0 Å². The molecule has 20 heavy (non-hydrogen) atoms. The second-order valence-electron chi connectivity index (χ2n) is 7.88. The van der Waals surface area contributed by atoms with E-state index in [9.17, 15) is 10.4 Å². The largest absolute Gasteiger partial charge is 0.388 e. The summed E-state index contributed by atoms with van der Waals surface area (Å²) in [6.07, 6.45) is 10.7. The Bertz CT molecular complexity index is 373. The summed E-state index contributed by atoms with van der Waals surface area (Å²) in [7, 11) is 0. The molecule has 2 heteroatoms. The first-order chi connectivity index (χ1) is 9.41. The van der Waals surface area contributed by atoms with E-state index < -0.39 is 11.0 Å². The SMILES string of the molecule is CCCC1CCC(C#N)(C2(O)CCCCC2(C)C)CC1. The number of rotatable bonds is 3. The number of aliphatic hydroxyl groups is 1. The van der Waals surface area contributed by atoms with E-state index in [0.717, 1.165) is 50.9 Å². The quantitative estimate of drug-likeness (QED) is 0.804. The van der Waals surface area contributed by atoms with E-state index in [0.29, 0.717) is 0 Å². The first kappa shape index (κ1) is 15.8. The number of hydrogen-bond acceptors (Lipinski definition) is 2. The van der Waals surface area contributed by atoms with Crippen LogP contribution in [0, 0.1) is 28.1 Å². The zero-order chi connectivity index (χ0) is 14.9. The van der Waals surface area contributed by atoms with Gasteiger partial charge in [0, 0.05) is 0 Å². The second-order valence-corrected chi connectivity index (χ2v) is 7.88. The van der Waals surface area contributed by atoms with Crippen LogP contribution in [-0.4, -0.2) is 10.7 Å². The average molecular weight is 277 g/mol. The molecule has 0 heterocycles. The maximum Gasteiger partial charge on any atom is 0.0883 e. The first-order valence-electron chi connectivity index (χ1n) is 8.54. The van der Waals surface area contributed by atoms with Crippen LogP contribution < -0.4 is 0 Å². The van der Waals surface area contributed by atoms with E-state index in [1.807, 2.05) is 0 Å². The summed E-state index contributed by atoms with van der Waals surface area (Å²) in [6.45, 7) is 6.58. The summed E-state index contributed by atoms with van der Waals surface area (Å²) in [4.78, 5) is 0. The van der Waals surface area contributed by atoms with Crippen LogP contribution in [0.2, 0.25) is 0 Å². The van der Waals surface area contributed by atoms with Gasteiger partial charge < -0.3 is 5.11 Å². The molecule has 0 aliphatic heterocycles. The first-order valence-corrected chi connectivity index (χ1v) is 8.54. The summed E-state index contributed by atoms with van der Waals surface area (Å²) in [5.41, 5.74) is -1.41. The van der Waals surface area contributed by atoms with Crippen molar-refractivity contribution in [3.8, 4) is 6.07 Å². The Kier molecular flexibility index (Phi) is 4.50. The standard InChI is InChI=1S/C18H31NO/c1-4-7-15-8-12-17(14-19,13-9-15)18(20)11-6-5-10-16(18,2)3/h15,20H,4-13H2,1-3H3. The van der Waals surface area contributed by atoms with Gasteiger partial charge in [0.2, 0.25) is 0 Å². The Morgan fingerprint density at radius 3 is 2.20 bits per heavy atom. The van der Waals surface area contributed by atoms with Gasteiger partial charge in [0.05, 0.1) is 17.1 Å². The van der Waals surface area contributed by atoms with Crippen molar-refractivity contribution in [1.29, 1.82) is 5.26 Å². The molecule has 0 aromatic rings. The molecule has 2 aliphatic carbocycles. The lowest BCUT2D eigenvalue weighted by Crippen LogP contribution is -2.59. The predicted molar refractivity (Wildman–Crippen MR) is 82.1 cm³/mol. The lowest BCUT2D eigenvalue weighted by atomic mass is 9.50. The average Bonchev–Trinajstić information content (AvgIpc) is 2.43. The van der Waals surface area contributed by atoms with Gasteiger partial charge in [0.25, 0.3) is 0 Å². The molecule has 0 bridgehead atoms. The van der Waals surface area contributed by atoms with Crippen molar-refractivity contribution in [2.24, 2.45) is 16.7 Å². The van der Waals surface area contributed by atoms with Crippen molar-refractivity contribution in [3.63, 3.8) is 0 Å². The highest BCUT2D eigenvalue weighted by Gasteiger charge is 2.59. The fourth-order valence-corrected chi connectivity index (χ4v) is 4.87. The van der Waals surface area contributed by atoms with E-state index in [1.54, 1.807) is 0 Å². The summed E-state index contributed by atoms with van der Waals surface area (Å²) in [5.74, 6) is 0.775. The molecule has 0 spiro atoms. The highest BCUT2D eigenvalue weighted by Crippen LogP contribution is 2.58. The van der Waals surface area contributed by atoms with E-state index in [1.165, 1.54) is 19.3 Å². The van der Waals surface area contributed by atoms with Gasteiger partial charge in [-0.15, -0.1) is 0 Å². The van der Waals surface area contributed by atoms with E-state index in [2.05, 4.69) is 26.8 Å². The minimum Gasteiger partial charge on any atom is -0.388 e. The van der Waals surface area contributed by atoms with Crippen LogP contribution in [0.3, 0.4) is 0 Å². The Hall–Kier alpha value is -0.550. The molecular formula is C18H31NO. The van der Waals surface area contributed by atoms with Gasteiger partial charge in [-0.1, -0.05) is 46.5 Å². The van der Waals surface area contributed by atoms with Crippen LogP contribution in [0.15, 0.2) is 0 Å². The van der Waals surface area contributed by atoms with Crippen LogP contribution >= 0.6 is 0 Å². The normalized spacial score (nSPS) is 41.0. The topological polar surface area (TPSA) is 44.0 Å². The van der Waals surface area contributed by atoms with Gasteiger partial charge in [-0.05, 0) is 49.9 Å². The Balaban J connectivity index is 2.22. The van der Waals surface area contributed by atoms with Crippen molar-refractivity contribution < 1.29 is 5.11 Å². The number of nitrogens with zero attached hydrogens (tertiary/aromatic N) is 1. The van der Waals surface area contributed by atoms with Gasteiger partial charge in [-0.3, -0.25) is 0 Å². The third-order valence-corrected chi connectivity index (χ3v) is 6.37. The molecule has 2 fully saturated rings. The zero-order valence-corrected chi connectivity index (χ0v) is 13.5. The van der Waals surface area contributed by atoms with Crippen molar-refractivity contribution in [1.82, 2.24) is 0 Å². The monoisotopic (exact) mass is 277 g/mol. The lowest BCUT2D eigenvalue weighted by molar-refractivity contribution is -0.176. The molecule has 1 atom stereocenters. The second kappa shape index (κ2) is 5.68. The molecule has 0 radical (unpaired) electrons. The molecule has 0 amide bonds. The molecule has 2 saturated carbocycles. The van der Waals surface area contributed by atoms with Crippen molar-refractivity contribution >= 4 is 0 Å². The maximum atomic E-state index is 11.5. The number of hydrogen-bond donors (Lipinski definition) is 1. The molecule has 2 aliphatic rings. The Labute approximate surface area is 124 Å². The minimum absolute atomic E-state index is 0.126. The summed E-state index contributed by atoms with van der Waals surface area (Å²) < 4.78 is 0. The molecule has 2 nitrogen and oxygen atoms in total. The smallest absolute Gasteiger partial charge is 0.0883 e. The van der Waals surface area contributed by atoms with Gasteiger partial charge >= 0.3 is 0 Å². The van der Waals surface area contributed by atoms with Crippen LogP contribution in [0.4, 0.5) is 0 Å². The Morgan fingerprint density at radius 1 is 1.10 bits per heavy atom. The van der Waals surface area contributed by atoms with Crippen LogP contribution in [-0.2, 0) is 0 Å². The number of nitriles is 1. The summed E-state index contributed by atoms with van der Waals surface area (Å²) >= 11 is 0. The molecule has 2 rings (SSSR count). The van der Waals surface area contributed by atoms with Crippen LogP contribution in [0.1, 0.15) is 85.0 Å². The Morgan fingerprint density at radius 2 is 1.70 bits per heavy atom. The van der Waals surface area contributed by atoms with Crippen LogP contribution in [0.5, 0.6) is 0 Å². The predicted octanol–water partition coefficient (Wildman–Crippen LogP) is 4.82. The van der Waals surface area contributed by atoms with Gasteiger partial charge in [-0.2, -0.15) is 5.26 Å². The molecular weight excluding hydrogens is 246 g/mol. The highest BCUT2D eigenvalue weighted by molar-refractivity contribution is 5.18. The molecule has 0 aromatic carbocycles. The van der Waals surface area contributed by atoms with E-state index in [4.69, 9.17) is 0 Å². The van der Waals surface area contributed by atoms with Crippen molar-refractivity contribution in [3.05, 3.63) is 0 Å². The van der Waals surface area contributed by atoms with Gasteiger partial charge in [-0.25, -0.2) is 0 Å². The fourth-order valence-electron chi connectivity index (χ4n) is 4.87. The minimum atomic E-state index is -0.788. The highest BCUT2D eigenvalue weighted by atomic mass is 16.3. The molecule has 114 valence electrons. The molecule has 1 N–H and O–H groups in total. The summed E-state index contributed by atoms with van der Waals surface area (Å²) in [6, 6.07) is 2.60. The maximum absolute atomic E-state index is 11.5. The third kappa shape index (κ3) is 2.39. The van der Waals surface area contributed by atoms with Gasteiger partial charge in [0.15, 0.2) is 0 Å². The molecule has 0 saturated heterocycles.